The summed E-state index contributed by atoms with van der Waals surface area (Å²) in [5.74, 6) is 0.688. The van der Waals surface area contributed by atoms with E-state index >= 15 is 0 Å². The highest BCUT2D eigenvalue weighted by atomic mass is 16.5. The van der Waals surface area contributed by atoms with Crippen LogP contribution in [0.1, 0.15) is 35.6 Å². The maximum atomic E-state index is 12.7. The minimum absolute atomic E-state index is 0.284. The van der Waals surface area contributed by atoms with Gasteiger partial charge in [0.1, 0.15) is 11.4 Å². The molecule has 1 aromatic heterocycles. The number of nitrogens with one attached hydrogen (secondary N) is 2. The molecule has 0 spiro atoms. The Hall–Kier alpha value is -3.41. The predicted octanol–water partition coefficient (Wildman–Crippen LogP) is 4.74. The minimum Gasteiger partial charge on any atom is -0.492 e. The zero-order chi connectivity index (χ0) is 19.9. The monoisotopic (exact) mass is 376 g/mol. The Balaban J connectivity index is 1.79. The number of hydrogen-bond donors (Lipinski definition) is 2. The number of anilines is 3. The lowest BCUT2D eigenvalue weighted by Gasteiger charge is -2.12. The molecule has 0 bridgehead atoms. The van der Waals surface area contributed by atoms with E-state index in [9.17, 15) is 4.79 Å². The molecular formula is C22H24N4O2. The van der Waals surface area contributed by atoms with Gasteiger partial charge < -0.3 is 15.4 Å². The number of hydrogen-bond acceptors (Lipinski definition) is 5. The SMILES string of the molecule is CCOc1ccccc1NC(=O)c1cc(C)nc(Nc2ccc(CC)cc2)n1. The highest BCUT2D eigenvalue weighted by Gasteiger charge is 2.13. The second kappa shape index (κ2) is 8.99. The van der Waals surface area contributed by atoms with E-state index in [2.05, 4.69) is 39.7 Å². The van der Waals surface area contributed by atoms with Crippen molar-refractivity contribution in [3.05, 3.63) is 71.5 Å². The molecular weight excluding hydrogens is 352 g/mol. The van der Waals surface area contributed by atoms with Crippen LogP contribution in [0.4, 0.5) is 17.3 Å². The molecule has 0 saturated heterocycles. The Morgan fingerprint density at radius 2 is 1.79 bits per heavy atom. The summed E-state index contributed by atoms with van der Waals surface area (Å²) in [6.45, 7) is 6.36. The topological polar surface area (TPSA) is 76.1 Å². The van der Waals surface area contributed by atoms with Crippen molar-refractivity contribution in [2.75, 3.05) is 17.2 Å². The van der Waals surface area contributed by atoms with Crippen molar-refractivity contribution in [2.24, 2.45) is 0 Å². The van der Waals surface area contributed by atoms with Crippen LogP contribution in [0.2, 0.25) is 0 Å². The van der Waals surface area contributed by atoms with Crippen molar-refractivity contribution in [3.8, 4) is 5.75 Å². The van der Waals surface area contributed by atoms with Crippen LogP contribution in [0.15, 0.2) is 54.6 Å². The van der Waals surface area contributed by atoms with E-state index in [1.165, 1.54) is 5.56 Å². The van der Waals surface area contributed by atoms with E-state index in [0.717, 1.165) is 12.1 Å². The Bertz CT molecular complexity index is 955. The normalized spacial score (nSPS) is 10.4. The number of rotatable bonds is 7. The van der Waals surface area contributed by atoms with Crippen LogP contribution in [-0.2, 0) is 6.42 Å². The van der Waals surface area contributed by atoms with Crippen molar-refractivity contribution in [2.45, 2.75) is 27.2 Å². The smallest absolute Gasteiger partial charge is 0.274 e. The number of carbonyl (C=O) groups is 1. The molecule has 0 atom stereocenters. The average molecular weight is 376 g/mol. The van der Waals surface area contributed by atoms with Gasteiger partial charge in [-0.3, -0.25) is 4.79 Å². The molecule has 0 saturated carbocycles. The molecule has 1 amide bonds. The summed E-state index contributed by atoms with van der Waals surface area (Å²) < 4.78 is 5.56. The molecule has 6 nitrogen and oxygen atoms in total. The third kappa shape index (κ3) is 4.85. The second-order valence-electron chi connectivity index (χ2n) is 6.28. The number of para-hydroxylation sites is 2. The van der Waals surface area contributed by atoms with E-state index in [1.54, 1.807) is 12.1 Å². The first kappa shape index (κ1) is 19.4. The fourth-order valence-corrected chi connectivity index (χ4v) is 2.73. The van der Waals surface area contributed by atoms with Gasteiger partial charge in [0.05, 0.1) is 12.3 Å². The van der Waals surface area contributed by atoms with Crippen molar-refractivity contribution < 1.29 is 9.53 Å². The van der Waals surface area contributed by atoms with Gasteiger partial charge in [-0.25, -0.2) is 9.97 Å². The highest BCUT2D eigenvalue weighted by Crippen LogP contribution is 2.24. The third-order valence-electron chi connectivity index (χ3n) is 4.14. The van der Waals surface area contributed by atoms with Gasteiger partial charge in [-0.1, -0.05) is 31.2 Å². The number of amides is 1. The largest absolute Gasteiger partial charge is 0.492 e. The summed E-state index contributed by atoms with van der Waals surface area (Å²) in [6, 6.07) is 17.0. The Morgan fingerprint density at radius 3 is 2.50 bits per heavy atom. The van der Waals surface area contributed by atoms with Crippen LogP contribution in [0.25, 0.3) is 0 Å². The lowest BCUT2D eigenvalue weighted by molar-refractivity contribution is 0.102. The highest BCUT2D eigenvalue weighted by molar-refractivity contribution is 6.03. The summed E-state index contributed by atoms with van der Waals surface area (Å²) in [4.78, 5) is 21.5. The molecule has 0 aliphatic rings. The standard InChI is InChI=1S/C22H24N4O2/c1-4-16-10-12-17(13-11-16)24-22-23-15(3)14-19(26-22)21(27)25-18-8-6-7-9-20(18)28-5-2/h6-14H,4-5H2,1-3H3,(H,25,27)(H,23,24,26). The maximum absolute atomic E-state index is 12.7. The number of aryl methyl sites for hydroxylation is 2. The molecule has 2 N–H and O–H groups in total. The Morgan fingerprint density at radius 1 is 1.04 bits per heavy atom. The van der Waals surface area contributed by atoms with Crippen molar-refractivity contribution in [1.82, 2.24) is 9.97 Å². The van der Waals surface area contributed by atoms with Crippen LogP contribution in [-0.4, -0.2) is 22.5 Å². The summed E-state index contributed by atoms with van der Waals surface area (Å²) >= 11 is 0. The third-order valence-corrected chi connectivity index (χ3v) is 4.14. The first-order valence-electron chi connectivity index (χ1n) is 9.34. The molecule has 0 fully saturated rings. The van der Waals surface area contributed by atoms with E-state index in [1.807, 2.05) is 44.2 Å². The first-order chi connectivity index (χ1) is 13.6. The van der Waals surface area contributed by atoms with Crippen molar-refractivity contribution in [3.63, 3.8) is 0 Å². The summed E-state index contributed by atoms with van der Waals surface area (Å²) in [5, 5.41) is 6.02. The van der Waals surface area contributed by atoms with Crippen LogP contribution in [0.3, 0.4) is 0 Å². The molecule has 28 heavy (non-hydrogen) atoms. The van der Waals surface area contributed by atoms with Gasteiger partial charge in [0.2, 0.25) is 5.95 Å². The van der Waals surface area contributed by atoms with Crippen LogP contribution in [0.5, 0.6) is 5.75 Å². The summed E-state index contributed by atoms with van der Waals surface area (Å²) in [6.07, 6.45) is 0.981. The lowest BCUT2D eigenvalue weighted by atomic mass is 10.1. The maximum Gasteiger partial charge on any atom is 0.274 e. The zero-order valence-corrected chi connectivity index (χ0v) is 16.3. The molecule has 6 heteroatoms. The number of nitrogens with zero attached hydrogens (tertiary/aromatic N) is 2. The molecule has 0 aliphatic carbocycles. The van der Waals surface area contributed by atoms with Gasteiger partial charge in [0, 0.05) is 11.4 Å². The van der Waals surface area contributed by atoms with Crippen LogP contribution in [0, 0.1) is 6.92 Å². The molecule has 1 heterocycles. The van der Waals surface area contributed by atoms with Crippen LogP contribution >= 0.6 is 0 Å². The van der Waals surface area contributed by atoms with Gasteiger partial charge in [0.15, 0.2) is 0 Å². The van der Waals surface area contributed by atoms with E-state index in [0.29, 0.717) is 29.7 Å². The van der Waals surface area contributed by atoms with Gasteiger partial charge >= 0.3 is 0 Å². The molecule has 0 unspecified atom stereocenters. The fourth-order valence-electron chi connectivity index (χ4n) is 2.73. The van der Waals surface area contributed by atoms with Gasteiger partial charge in [-0.15, -0.1) is 0 Å². The zero-order valence-electron chi connectivity index (χ0n) is 16.3. The molecule has 0 aliphatic heterocycles. The summed E-state index contributed by atoms with van der Waals surface area (Å²) in [7, 11) is 0. The molecule has 0 radical (unpaired) electrons. The first-order valence-corrected chi connectivity index (χ1v) is 9.34. The lowest BCUT2D eigenvalue weighted by Crippen LogP contribution is -2.16. The number of carbonyl (C=O) groups excluding carboxylic acids is 1. The average Bonchev–Trinajstić information content (AvgIpc) is 2.70. The molecule has 3 rings (SSSR count). The van der Waals surface area contributed by atoms with E-state index < -0.39 is 0 Å². The minimum atomic E-state index is -0.318. The second-order valence-corrected chi connectivity index (χ2v) is 6.28. The predicted molar refractivity (Wildman–Crippen MR) is 111 cm³/mol. The van der Waals surface area contributed by atoms with Gasteiger partial charge in [-0.05, 0) is 56.2 Å². The van der Waals surface area contributed by atoms with Gasteiger partial charge in [-0.2, -0.15) is 0 Å². The molecule has 3 aromatic rings. The number of ether oxygens (including phenoxy) is 1. The Labute approximate surface area is 165 Å². The van der Waals surface area contributed by atoms with E-state index in [-0.39, 0.29) is 11.6 Å². The summed E-state index contributed by atoms with van der Waals surface area (Å²) in [5.41, 5.74) is 3.72. The Kier molecular flexibility index (Phi) is 6.22. The number of benzene rings is 2. The fraction of sp³-hybridized carbons (Fsp3) is 0.227. The number of aromatic nitrogens is 2. The molecule has 144 valence electrons. The van der Waals surface area contributed by atoms with E-state index in [4.69, 9.17) is 4.74 Å². The van der Waals surface area contributed by atoms with Gasteiger partial charge in [0.25, 0.3) is 5.91 Å². The van der Waals surface area contributed by atoms with Crippen molar-refractivity contribution >= 4 is 23.2 Å². The molecule has 2 aromatic carbocycles. The van der Waals surface area contributed by atoms with Crippen LogP contribution < -0.4 is 15.4 Å². The quantitative estimate of drug-likeness (QED) is 0.623. The van der Waals surface area contributed by atoms with Crippen molar-refractivity contribution in [1.29, 1.82) is 0 Å².